The van der Waals surface area contributed by atoms with Crippen LogP contribution in [0.25, 0.3) is 0 Å². The number of benzene rings is 1. The molecule has 5 heteroatoms. The Morgan fingerprint density at radius 1 is 1.56 bits per heavy atom. The van der Waals surface area contributed by atoms with Gasteiger partial charge < -0.3 is 9.47 Å². The fourth-order valence-electron chi connectivity index (χ4n) is 1.19. The lowest BCUT2D eigenvalue weighted by atomic mass is 10.2. The van der Waals surface area contributed by atoms with Crippen LogP contribution in [0.15, 0.2) is 27.6 Å². The molecule has 0 aromatic heterocycles. The van der Waals surface area contributed by atoms with E-state index in [2.05, 4.69) is 28.6 Å². The number of carbonyl (C=O) groups is 1. The summed E-state index contributed by atoms with van der Waals surface area (Å²) in [6.45, 7) is 2.16. The van der Waals surface area contributed by atoms with Crippen molar-refractivity contribution in [2.45, 2.75) is 17.9 Å². The second kappa shape index (κ2) is 6.27. The fraction of sp³-hybridized carbons (Fsp3) is 0.364. The van der Waals surface area contributed by atoms with Crippen molar-refractivity contribution >= 4 is 34.5 Å². The Bertz CT molecular complexity index is 381. The quantitative estimate of drug-likeness (QED) is 0.686. The Kier molecular flexibility index (Phi) is 5.31. The van der Waals surface area contributed by atoms with Crippen LogP contribution in [0.2, 0.25) is 0 Å². The summed E-state index contributed by atoms with van der Waals surface area (Å²) in [7, 11) is 1.56. The summed E-state index contributed by atoms with van der Waals surface area (Å²) in [6, 6.07) is 5.20. The number of rotatable bonds is 4. The van der Waals surface area contributed by atoms with Gasteiger partial charge in [-0.2, -0.15) is 0 Å². The second-order valence-corrected chi connectivity index (χ2v) is 4.73. The average molecular weight is 305 g/mol. The van der Waals surface area contributed by atoms with Crippen LogP contribution in [0, 0.1) is 0 Å². The van der Waals surface area contributed by atoms with Crippen LogP contribution in [-0.4, -0.2) is 25.8 Å². The van der Waals surface area contributed by atoms with Crippen molar-refractivity contribution in [1.82, 2.24) is 0 Å². The molecule has 0 aliphatic heterocycles. The molecule has 0 amide bonds. The minimum absolute atomic E-state index is 0.270. The van der Waals surface area contributed by atoms with Gasteiger partial charge in [0.1, 0.15) is 6.10 Å². The Labute approximate surface area is 109 Å². The molecule has 88 valence electrons. The molecule has 3 nitrogen and oxygen atoms in total. The summed E-state index contributed by atoms with van der Waals surface area (Å²) in [5, 5.41) is 0. The summed E-state index contributed by atoms with van der Waals surface area (Å²) in [6.07, 6.45) is -0.270. The lowest BCUT2D eigenvalue weighted by Crippen LogP contribution is -2.19. The van der Waals surface area contributed by atoms with Crippen LogP contribution in [0.4, 0.5) is 0 Å². The van der Waals surface area contributed by atoms with Gasteiger partial charge in [0.25, 0.3) is 0 Å². The zero-order valence-electron chi connectivity index (χ0n) is 9.07. The molecule has 1 unspecified atom stereocenters. The third-order valence-corrected chi connectivity index (χ3v) is 2.75. The normalized spacial score (nSPS) is 12.2. The predicted molar refractivity (Wildman–Crippen MR) is 68.1 cm³/mol. The van der Waals surface area contributed by atoms with Crippen LogP contribution >= 0.6 is 28.6 Å². The maximum Gasteiger partial charge on any atom is 0.339 e. The summed E-state index contributed by atoms with van der Waals surface area (Å²) in [5.74, 6) is -0.387. The highest BCUT2D eigenvalue weighted by Gasteiger charge is 2.14. The zero-order chi connectivity index (χ0) is 12.1. The number of hydrogen-bond donors (Lipinski definition) is 1. The molecular formula is C11H13BrO3S. The Balaban J connectivity index is 2.73. The monoisotopic (exact) mass is 304 g/mol. The average Bonchev–Trinajstić information content (AvgIpc) is 2.17. The van der Waals surface area contributed by atoms with Gasteiger partial charge in [0, 0.05) is 16.5 Å². The van der Waals surface area contributed by atoms with Crippen LogP contribution in [0.3, 0.4) is 0 Å². The lowest BCUT2D eigenvalue weighted by Gasteiger charge is -2.13. The SMILES string of the molecule is COCC(C)OC(=O)c1ccc(Br)cc1S. The van der Waals surface area contributed by atoms with Gasteiger partial charge in [0.15, 0.2) is 0 Å². The molecule has 0 aliphatic rings. The predicted octanol–water partition coefficient (Wildman–Crippen LogP) is 2.93. The van der Waals surface area contributed by atoms with E-state index in [1.807, 2.05) is 0 Å². The minimum atomic E-state index is -0.387. The van der Waals surface area contributed by atoms with Crippen molar-refractivity contribution in [3.05, 3.63) is 28.2 Å². The topological polar surface area (TPSA) is 35.5 Å². The molecule has 0 radical (unpaired) electrons. The Hall–Kier alpha value is -0.520. The van der Waals surface area contributed by atoms with Crippen LogP contribution < -0.4 is 0 Å². The maximum absolute atomic E-state index is 11.7. The Morgan fingerprint density at radius 2 is 2.25 bits per heavy atom. The standard InChI is InChI=1S/C11H13BrO3S/c1-7(6-14-2)15-11(13)9-4-3-8(12)5-10(9)16/h3-5,7,16H,6H2,1-2H3. The van der Waals surface area contributed by atoms with Gasteiger partial charge in [0.2, 0.25) is 0 Å². The number of halogens is 1. The molecule has 0 aliphatic carbocycles. The number of hydrogen-bond acceptors (Lipinski definition) is 4. The maximum atomic E-state index is 11.7. The highest BCUT2D eigenvalue weighted by atomic mass is 79.9. The first kappa shape index (κ1) is 13.5. The van der Waals surface area contributed by atoms with E-state index in [0.717, 1.165) is 4.47 Å². The molecule has 0 spiro atoms. The minimum Gasteiger partial charge on any atom is -0.457 e. The van der Waals surface area contributed by atoms with Gasteiger partial charge in [-0.1, -0.05) is 15.9 Å². The van der Waals surface area contributed by atoms with Crippen molar-refractivity contribution in [2.24, 2.45) is 0 Å². The molecule has 0 saturated carbocycles. The molecule has 0 N–H and O–H groups in total. The Morgan fingerprint density at radius 3 is 2.81 bits per heavy atom. The van der Waals surface area contributed by atoms with Gasteiger partial charge in [-0.05, 0) is 25.1 Å². The van der Waals surface area contributed by atoms with E-state index in [4.69, 9.17) is 9.47 Å². The number of methoxy groups -OCH3 is 1. The van der Waals surface area contributed by atoms with E-state index >= 15 is 0 Å². The molecule has 16 heavy (non-hydrogen) atoms. The summed E-state index contributed by atoms with van der Waals surface area (Å²) in [4.78, 5) is 12.3. The zero-order valence-corrected chi connectivity index (χ0v) is 11.5. The fourth-order valence-corrected chi connectivity index (χ4v) is 2.04. The number of ether oxygens (including phenoxy) is 2. The number of thiol groups is 1. The van der Waals surface area contributed by atoms with E-state index in [-0.39, 0.29) is 12.1 Å². The molecule has 0 saturated heterocycles. The molecule has 1 aromatic carbocycles. The van der Waals surface area contributed by atoms with Gasteiger partial charge >= 0.3 is 5.97 Å². The van der Waals surface area contributed by atoms with Crippen molar-refractivity contribution in [2.75, 3.05) is 13.7 Å². The van der Waals surface area contributed by atoms with Crippen molar-refractivity contribution < 1.29 is 14.3 Å². The van der Waals surface area contributed by atoms with E-state index in [0.29, 0.717) is 17.1 Å². The first-order valence-electron chi connectivity index (χ1n) is 4.73. The second-order valence-electron chi connectivity index (χ2n) is 3.33. The van der Waals surface area contributed by atoms with Crippen molar-refractivity contribution in [1.29, 1.82) is 0 Å². The molecule has 1 aromatic rings. The summed E-state index contributed by atoms with van der Waals surface area (Å²) >= 11 is 7.52. The largest absolute Gasteiger partial charge is 0.457 e. The highest BCUT2D eigenvalue weighted by Crippen LogP contribution is 2.20. The third kappa shape index (κ3) is 3.81. The highest BCUT2D eigenvalue weighted by molar-refractivity contribution is 9.10. The van der Waals surface area contributed by atoms with Crippen LogP contribution in [0.1, 0.15) is 17.3 Å². The molecule has 0 heterocycles. The summed E-state index contributed by atoms with van der Waals surface area (Å²) < 4.78 is 10.9. The third-order valence-electron chi connectivity index (χ3n) is 1.89. The smallest absolute Gasteiger partial charge is 0.339 e. The molecular weight excluding hydrogens is 292 g/mol. The molecule has 1 rings (SSSR count). The number of esters is 1. The van der Waals surface area contributed by atoms with E-state index in [1.165, 1.54) is 0 Å². The van der Waals surface area contributed by atoms with Gasteiger partial charge in [-0.3, -0.25) is 0 Å². The van der Waals surface area contributed by atoms with E-state index < -0.39 is 0 Å². The van der Waals surface area contributed by atoms with Gasteiger partial charge in [-0.15, -0.1) is 12.6 Å². The van der Waals surface area contributed by atoms with E-state index in [1.54, 1.807) is 32.2 Å². The van der Waals surface area contributed by atoms with E-state index in [9.17, 15) is 4.79 Å². The van der Waals surface area contributed by atoms with Gasteiger partial charge in [0.05, 0.1) is 12.2 Å². The van der Waals surface area contributed by atoms with Crippen LogP contribution in [0.5, 0.6) is 0 Å². The first-order chi connectivity index (χ1) is 7.54. The number of carbonyl (C=O) groups excluding carboxylic acids is 1. The van der Waals surface area contributed by atoms with Crippen LogP contribution in [-0.2, 0) is 9.47 Å². The summed E-state index contributed by atoms with van der Waals surface area (Å²) in [5.41, 5.74) is 0.453. The molecule has 0 bridgehead atoms. The van der Waals surface area contributed by atoms with Crippen molar-refractivity contribution in [3.8, 4) is 0 Å². The van der Waals surface area contributed by atoms with Gasteiger partial charge in [-0.25, -0.2) is 4.79 Å². The lowest BCUT2D eigenvalue weighted by molar-refractivity contribution is 0.0117. The molecule has 0 fully saturated rings. The van der Waals surface area contributed by atoms with Crippen molar-refractivity contribution in [3.63, 3.8) is 0 Å². The molecule has 1 atom stereocenters. The first-order valence-corrected chi connectivity index (χ1v) is 5.97.